The first-order valence-corrected chi connectivity index (χ1v) is 5.78. The zero-order valence-electron chi connectivity index (χ0n) is 10.1. The highest BCUT2D eigenvalue weighted by Gasteiger charge is 2.19. The van der Waals surface area contributed by atoms with Crippen molar-refractivity contribution in [1.82, 2.24) is 5.32 Å². The molecule has 1 heterocycles. The number of hydrogen-bond acceptors (Lipinski definition) is 5. The summed E-state index contributed by atoms with van der Waals surface area (Å²) in [4.78, 5) is 12.4. The normalized spacial score (nSPS) is 19.3. The van der Waals surface area contributed by atoms with Crippen molar-refractivity contribution < 1.29 is 4.92 Å². The number of anilines is 1. The van der Waals surface area contributed by atoms with Crippen LogP contribution >= 0.6 is 0 Å². The second-order valence-corrected chi connectivity index (χ2v) is 4.37. The van der Waals surface area contributed by atoms with E-state index in [-0.39, 0.29) is 11.3 Å². The molecule has 0 aliphatic carbocycles. The Morgan fingerprint density at radius 1 is 1.61 bits per heavy atom. The van der Waals surface area contributed by atoms with Crippen molar-refractivity contribution >= 4 is 11.4 Å². The van der Waals surface area contributed by atoms with Crippen molar-refractivity contribution in [2.75, 3.05) is 24.5 Å². The van der Waals surface area contributed by atoms with Crippen LogP contribution in [0.15, 0.2) is 18.2 Å². The summed E-state index contributed by atoms with van der Waals surface area (Å²) in [5.41, 5.74) is 0.846. The van der Waals surface area contributed by atoms with Gasteiger partial charge in [-0.2, -0.15) is 5.26 Å². The molecule has 6 nitrogen and oxygen atoms in total. The van der Waals surface area contributed by atoms with E-state index in [1.54, 1.807) is 12.1 Å². The molecule has 0 aromatic heterocycles. The van der Waals surface area contributed by atoms with Crippen molar-refractivity contribution in [2.45, 2.75) is 13.0 Å². The highest BCUT2D eigenvalue weighted by Crippen LogP contribution is 2.25. The number of nitro groups is 1. The zero-order valence-corrected chi connectivity index (χ0v) is 10.1. The minimum absolute atomic E-state index is 0.115. The highest BCUT2D eigenvalue weighted by molar-refractivity contribution is 5.60. The molecule has 0 spiro atoms. The van der Waals surface area contributed by atoms with Crippen LogP contribution in [0.3, 0.4) is 0 Å². The number of piperazine rings is 1. The van der Waals surface area contributed by atoms with Crippen molar-refractivity contribution in [3.8, 4) is 6.07 Å². The molecule has 94 valence electrons. The fourth-order valence-corrected chi connectivity index (χ4v) is 2.14. The molecule has 1 aliphatic heterocycles. The van der Waals surface area contributed by atoms with E-state index in [2.05, 4.69) is 17.1 Å². The molecule has 2 rings (SSSR count). The smallest absolute Gasteiger partial charge is 0.287 e. The zero-order chi connectivity index (χ0) is 13.1. The third kappa shape index (κ3) is 2.41. The maximum Gasteiger partial charge on any atom is 0.287 e. The first-order chi connectivity index (χ1) is 8.61. The number of nitro benzene ring substituents is 1. The van der Waals surface area contributed by atoms with Gasteiger partial charge in [-0.1, -0.05) is 0 Å². The summed E-state index contributed by atoms with van der Waals surface area (Å²) >= 11 is 0. The van der Waals surface area contributed by atoms with Gasteiger partial charge in [0.25, 0.3) is 5.69 Å². The van der Waals surface area contributed by atoms with E-state index in [0.717, 1.165) is 25.3 Å². The Morgan fingerprint density at radius 2 is 2.39 bits per heavy atom. The van der Waals surface area contributed by atoms with Gasteiger partial charge in [0.1, 0.15) is 11.6 Å². The first kappa shape index (κ1) is 12.3. The van der Waals surface area contributed by atoms with Crippen LogP contribution in [-0.2, 0) is 0 Å². The van der Waals surface area contributed by atoms with Crippen molar-refractivity contribution in [3.05, 3.63) is 33.9 Å². The monoisotopic (exact) mass is 246 g/mol. The molecule has 0 bridgehead atoms. The molecule has 0 radical (unpaired) electrons. The summed E-state index contributed by atoms with van der Waals surface area (Å²) in [5.74, 6) is 0. The minimum atomic E-state index is -0.525. The lowest BCUT2D eigenvalue weighted by Crippen LogP contribution is -2.49. The number of nitriles is 1. The van der Waals surface area contributed by atoms with Crippen LogP contribution in [0.5, 0.6) is 0 Å². The first-order valence-electron chi connectivity index (χ1n) is 5.78. The Balaban J connectivity index is 2.30. The lowest BCUT2D eigenvalue weighted by atomic mass is 10.1. The van der Waals surface area contributed by atoms with E-state index < -0.39 is 4.92 Å². The molecule has 1 aromatic rings. The molecule has 0 saturated carbocycles. The molecule has 1 saturated heterocycles. The van der Waals surface area contributed by atoms with E-state index in [0.29, 0.717) is 6.04 Å². The molecule has 1 aliphatic rings. The summed E-state index contributed by atoms with van der Waals surface area (Å²) in [6.45, 7) is 4.64. The molecule has 0 amide bonds. The van der Waals surface area contributed by atoms with Crippen LogP contribution in [0.1, 0.15) is 12.5 Å². The van der Waals surface area contributed by atoms with Gasteiger partial charge in [0, 0.05) is 37.4 Å². The predicted octanol–water partition coefficient (Wildman–Crippen LogP) is 1.26. The van der Waals surface area contributed by atoms with Gasteiger partial charge in [0.2, 0.25) is 0 Å². The molecule has 18 heavy (non-hydrogen) atoms. The summed E-state index contributed by atoms with van der Waals surface area (Å²) in [7, 11) is 0. The number of hydrogen-bond donors (Lipinski definition) is 1. The highest BCUT2D eigenvalue weighted by atomic mass is 16.6. The molecule has 1 atom stereocenters. The van der Waals surface area contributed by atoms with Crippen LogP contribution < -0.4 is 10.2 Å². The fraction of sp³-hybridized carbons (Fsp3) is 0.417. The fourth-order valence-electron chi connectivity index (χ4n) is 2.14. The largest absolute Gasteiger partial charge is 0.369 e. The lowest BCUT2D eigenvalue weighted by molar-refractivity contribution is -0.385. The van der Waals surface area contributed by atoms with Gasteiger partial charge in [-0.25, -0.2) is 0 Å². The Labute approximate surface area is 105 Å². The van der Waals surface area contributed by atoms with Gasteiger partial charge in [-0.3, -0.25) is 10.1 Å². The molecular weight excluding hydrogens is 232 g/mol. The van der Waals surface area contributed by atoms with Gasteiger partial charge in [0.05, 0.1) is 4.92 Å². The topological polar surface area (TPSA) is 82.2 Å². The van der Waals surface area contributed by atoms with Crippen LogP contribution in [-0.4, -0.2) is 30.6 Å². The Kier molecular flexibility index (Phi) is 3.44. The summed E-state index contributed by atoms with van der Waals surface area (Å²) in [6, 6.07) is 6.96. The van der Waals surface area contributed by atoms with E-state index in [4.69, 9.17) is 5.26 Å². The molecule has 0 unspecified atom stereocenters. The van der Waals surface area contributed by atoms with Crippen LogP contribution in [0, 0.1) is 21.4 Å². The van der Waals surface area contributed by atoms with Crippen molar-refractivity contribution in [1.29, 1.82) is 5.26 Å². The van der Waals surface area contributed by atoms with Gasteiger partial charge in [0.15, 0.2) is 0 Å². The van der Waals surface area contributed by atoms with Crippen molar-refractivity contribution in [3.63, 3.8) is 0 Å². The standard InChI is InChI=1S/C12H14N4O2/c1-9-8-15(5-4-14-9)11-2-3-12(16(17)18)10(6-11)7-13/h2-3,6,9,14H,4-5,8H2,1H3/t9-/m1/s1. The quantitative estimate of drug-likeness (QED) is 0.627. The van der Waals surface area contributed by atoms with E-state index in [9.17, 15) is 10.1 Å². The predicted molar refractivity (Wildman–Crippen MR) is 67.5 cm³/mol. The minimum Gasteiger partial charge on any atom is -0.369 e. The molecule has 1 N–H and O–H groups in total. The second kappa shape index (κ2) is 5.02. The average Bonchev–Trinajstić information content (AvgIpc) is 2.37. The third-order valence-electron chi connectivity index (χ3n) is 3.03. The molecule has 6 heteroatoms. The lowest BCUT2D eigenvalue weighted by Gasteiger charge is -2.33. The van der Waals surface area contributed by atoms with Gasteiger partial charge >= 0.3 is 0 Å². The maximum atomic E-state index is 10.8. The molecule has 1 aromatic carbocycles. The summed E-state index contributed by atoms with van der Waals surface area (Å²) in [6.07, 6.45) is 0. The van der Waals surface area contributed by atoms with Crippen LogP contribution in [0.4, 0.5) is 11.4 Å². The number of nitrogens with one attached hydrogen (secondary N) is 1. The van der Waals surface area contributed by atoms with E-state index in [1.165, 1.54) is 6.07 Å². The Morgan fingerprint density at radius 3 is 3.00 bits per heavy atom. The SMILES string of the molecule is C[C@@H]1CN(c2ccc([N+](=O)[O-])c(C#N)c2)CCN1. The van der Waals surface area contributed by atoms with Gasteiger partial charge < -0.3 is 10.2 Å². The van der Waals surface area contributed by atoms with E-state index in [1.807, 2.05) is 6.07 Å². The third-order valence-corrected chi connectivity index (χ3v) is 3.03. The number of rotatable bonds is 2. The average molecular weight is 246 g/mol. The Hall–Kier alpha value is -2.13. The molecule has 1 fully saturated rings. The van der Waals surface area contributed by atoms with Gasteiger partial charge in [-0.15, -0.1) is 0 Å². The van der Waals surface area contributed by atoms with Gasteiger partial charge in [-0.05, 0) is 19.1 Å². The van der Waals surface area contributed by atoms with E-state index >= 15 is 0 Å². The van der Waals surface area contributed by atoms with Crippen LogP contribution in [0.25, 0.3) is 0 Å². The van der Waals surface area contributed by atoms with Crippen molar-refractivity contribution in [2.24, 2.45) is 0 Å². The maximum absolute atomic E-state index is 10.8. The van der Waals surface area contributed by atoms with Crippen LogP contribution in [0.2, 0.25) is 0 Å². The number of nitrogens with zero attached hydrogens (tertiary/aromatic N) is 3. The second-order valence-electron chi connectivity index (χ2n) is 4.37. The Bertz CT molecular complexity index is 509. The number of benzene rings is 1. The summed E-state index contributed by atoms with van der Waals surface area (Å²) in [5, 5.41) is 23.0. The summed E-state index contributed by atoms with van der Waals surface area (Å²) < 4.78 is 0. The molecular formula is C12H14N4O2.